The van der Waals surface area contributed by atoms with Crippen LogP contribution in [0.15, 0.2) is 83.3 Å². The van der Waals surface area contributed by atoms with Crippen LogP contribution in [0.2, 0.25) is 0 Å². The molecular weight excluding hydrogens is 376 g/mol. The number of benzene rings is 3. The highest BCUT2D eigenvalue weighted by atomic mass is 16.4. The van der Waals surface area contributed by atoms with Crippen molar-refractivity contribution in [2.75, 3.05) is 5.32 Å². The van der Waals surface area contributed by atoms with Crippen molar-refractivity contribution in [3.8, 4) is 11.5 Å². The highest BCUT2D eigenvalue weighted by molar-refractivity contribution is 5.90. The van der Waals surface area contributed by atoms with E-state index in [9.17, 15) is 4.79 Å². The van der Waals surface area contributed by atoms with Gasteiger partial charge in [0.25, 0.3) is 0 Å². The van der Waals surface area contributed by atoms with Crippen molar-refractivity contribution in [2.45, 2.75) is 19.9 Å². The SMILES string of the molecule is Cc1cc(C)cc(NC(=O)NC(c2ccccc2)c2nnc(-c3ccccc3)o2)c1. The zero-order valence-corrected chi connectivity index (χ0v) is 16.8. The van der Waals surface area contributed by atoms with Crippen LogP contribution in [0.1, 0.15) is 28.6 Å². The maximum atomic E-state index is 12.8. The third kappa shape index (κ3) is 4.55. The van der Waals surface area contributed by atoms with Crippen LogP contribution in [-0.2, 0) is 0 Å². The maximum absolute atomic E-state index is 12.8. The highest BCUT2D eigenvalue weighted by Gasteiger charge is 2.23. The van der Waals surface area contributed by atoms with Crippen LogP contribution in [0, 0.1) is 13.8 Å². The number of anilines is 1. The van der Waals surface area contributed by atoms with Gasteiger partial charge in [0.1, 0.15) is 6.04 Å². The minimum absolute atomic E-state index is 0.315. The molecule has 3 aromatic carbocycles. The monoisotopic (exact) mass is 398 g/mol. The van der Waals surface area contributed by atoms with Crippen LogP contribution in [0.3, 0.4) is 0 Å². The number of aromatic nitrogens is 2. The number of rotatable bonds is 5. The zero-order valence-electron chi connectivity index (χ0n) is 16.8. The molecule has 6 nitrogen and oxygen atoms in total. The first-order valence-corrected chi connectivity index (χ1v) is 9.68. The van der Waals surface area contributed by atoms with Crippen LogP contribution >= 0.6 is 0 Å². The molecule has 1 unspecified atom stereocenters. The molecule has 0 saturated carbocycles. The van der Waals surface area contributed by atoms with Gasteiger partial charge >= 0.3 is 6.03 Å². The number of aryl methyl sites for hydroxylation is 2. The molecule has 1 heterocycles. The van der Waals surface area contributed by atoms with Crippen molar-refractivity contribution >= 4 is 11.7 Å². The van der Waals surface area contributed by atoms with Gasteiger partial charge in [-0.1, -0.05) is 54.6 Å². The van der Waals surface area contributed by atoms with E-state index in [-0.39, 0.29) is 6.03 Å². The van der Waals surface area contributed by atoms with Crippen LogP contribution in [0.5, 0.6) is 0 Å². The Balaban J connectivity index is 1.59. The molecule has 0 aliphatic carbocycles. The van der Waals surface area contributed by atoms with Crippen LogP contribution in [-0.4, -0.2) is 16.2 Å². The highest BCUT2D eigenvalue weighted by Crippen LogP contribution is 2.25. The number of carbonyl (C=O) groups excluding carboxylic acids is 1. The Morgan fingerprint density at radius 1 is 0.867 bits per heavy atom. The smallest absolute Gasteiger partial charge is 0.320 e. The number of urea groups is 1. The van der Waals surface area contributed by atoms with Gasteiger partial charge in [-0.25, -0.2) is 4.79 Å². The third-order valence-electron chi connectivity index (χ3n) is 4.60. The molecule has 6 heteroatoms. The fraction of sp³-hybridized carbons (Fsp3) is 0.125. The standard InChI is InChI=1S/C24H22N4O2/c1-16-13-17(2)15-20(14-16)25-24(29)26-21(18-9-5-3-6-10-18)23-28-27-22(30-23)19-11-7-4-8-12-19/h3-15,21H,1-2H3,(H2,25,26,29). The van der Waals surface area contributed by atoms with E-state index in [1.807, 2.05) is 86.6 Å². The largest absolute Gasteiger partial charge is 0.418 e. The second-order valence-corrected chi connectivity index (χ2v) is 7.13. The first-order valence-electron chi connectivity index (χ1n) is 9.68. The van der Waals surface area contributed by atoms with E-state index < -0.39 is 6.04 Å². The topological polar surface area (TPSA) is 80.0 Å². The molecule has 0 aliphatic heterocycles. The van der Waals surface area contributed by atoms with E-state index >= 15 is 0 Å². The normalized spacial score (nSPS) is 11.7. The van der Waals surface area contributed by atoms with E-state index in [4.69, 9.17) is 4.42 Å². The molecule has 150 valence electrons. The lowest BCUT2D eigenvalue weighted by molar-refractivity contribution is 0.248. The molecule has 0 fully saturated rings. The molecule has 0 bridgehead atoms. The van der Waals surface area contributed by atoms with Crippen molar-refractivity contribution in [3.63, 3.8) is 0 Å². The van der Waals surface area contributed by atoms with E-state index in [0.29, 0.717) is 11.8 Å². The number of hydrogen-bond acceptors (Lipinski definition) is 4. The molecule has 4 aromatic rings. The molecular formula is C24H22N4O2. The lowest BCUT2D eigenvalue weighted by Gasteiger charge is -2.16. The summed E-state index contributed by atoms with van der Waals surface area (Å²) in [6.45, 7) is 3.98. The van der Waals surface area contributed by atoms with Gasteiger partial charge in [0.05, 0.1) is 0 Å². The average molecular weight is 398 g/mol. The Bertz CT molecular complexity index is 1120. The van der Waals surface area contributed by atoms with Gasteiger partial charge in [-0.15, -0.1) is 10.2 Å². The molecule has 0 aliphatic rings. The predicted octanol–water partition coefficient (Wildman–Crippen LogP) is 5.26. The van der Waals surface area contributed by atoms with Crippen molar-refractivity contribution in [2.24, 2.45) is 0 Å². The van der Waals surface area contributed by atoms with Gasteiger partial charge in [0.15, 0.2) is 0 Å². The zero-order chi connectivity index (χ0) is 20.9. The summed E-state index contributed by atoms with van der Waals surface area (Å²) in [5.74, 6) is 0.721. The van der Waals surface area contributed by atoms with Crippen molar-refractivity contribution in [1.82, 2.24) is 15.5 Å². The quantitative estimate of drug-likeness (QED) is 0.480. The predicted molar refractivity (Wildman–Crippen MR) is 116 cm³/mol. The molecule has 0 saturated heterocycles. The van der Waals surface area contributed by atoms with Crippen molar-refractivity contribution in [3.05, 3.63) is 101 Å². The third-order valence-corrected chi connectivity index (χ3v) is 4.60. The molecule has 0 radical (unpaired) electrons. The summed E-state index contributed by atoms with van der Waals surface area (Å²) in [5, 5.41) is 14.2. The molecule has 1 aromatic heterocycles. The number of nitrogens with zero attached hydrogens (tertiary/aromatic N) is 2. The molecule has 30 heavy (non-hydrogen) atoms. The summed E-state index contributed by atoms with van der Waals surface area (Å²) in [6.07, 6.45) is 0. The fourth-order valence-electron chi connectivity index (χ4n) is 3.33. The second-order valence-electron chi connectivity index (χ2n) is 7.13. The van der Waals surface area contributed by atoms with E-state index in [0.717, 1.165) is 27.9 Å². The van der Waals surface area contributed by atoms with Crippen LogP contribution in [0.25, 0.3) is 11.5 Å². The minimum Gasteiger partial charge on any atom is -0.418 e. The summed E-state index contributed by atoms with van der Waals surface area (Å²) in [4.78, 5) is 12.8. The number of carbonyl (C=O) groups is 1. The second kappa shape index (κ2) is 8.61. The Labute approximate surface area is 175 Å². The molecule has 0 spiro atoms. The van der Waals surface area contributed by atoms with E-state index in [2.05, 4.69) is 26.9 Å². The summed E-state index contributed by atoms with van der Waals surface area (Å²) < 4.78 is 5.91. The fourth-order valence-corrected chi connectivity index (χ4v) is 3.33. The first-order chi connectivity index (χ1) is 14.6. The van der Waals surface area contributed by atoms with Gasteiger partial charge in [0.2, 0.25) is 11.8 Å². The first kappa shape index (κ1) is 19.4. The Morgan fingerprint density at radius 2 is 1.50 bits per heavy atom. The van der Waals surface area contributed by atoms with E-state index in [1.165, 1.54) is 0 Å². The summed E-state index contributed by atoms with van der Waals surface area (Å²) >= 11 is 0. The lowest BCUT2D eigenvalue weighted by Crippen LogP contribution is -2.33. The molecule has 4 rings (SSSR count). The van der Waals surface area contributed by atoms with Gasteiger partial charge < -0.3 is 15.1 Å². The van der Waals surface area contributed by atoms with Crippen molar-refractivity contribution in [1.29, 1.82) is 0 Å². The minimum atomic E-state index is -0.581. The number of nitrogens with one attached hydrogen (secondary N) is 2. The maximum Gasteiger partial charge on any atom is 0.320 e. The van der Waals surface area contributed by atoms with E-state index in [1.54, 1.807) is 0 Å². The van der Waals surface area contributed by atoms with Gasteiger partial charge in [-0.3, -0.25) is 0 Å². The van der Waals surface area contributed by atoms with Gasteiger partial charge in [-0.2, -0.15) is 0 Å². The molecule has 2 amide bonds. The van der Waals surface area contributed by atoms with Crippen LogP contribution < -0.4 is 10.6 Å². The number of amides is 2. The summed E-state index contributed by atoms with van der Waals surface area (Å²) in [5.41, 5.74) is 4.55. The van der Waals surface area contributed by atoms with Gasteiger partial charge in [-0.05, 0) is 54.8 Å². The summed E-state index contributed by atoms with van der Waals surface area (Å²) in [6, 6.07) is 24.0. The van der Waals surface area contributed by atoms with Crippen molar-refractivity contribution < 1.29 is 9.21 Å². The Kier molecular flexibility index (Phi) is 5.57. The average Bonchev–Trinajstić information content (AvgIpc) is 3.22. The Hall–Kier alpha value is -3.93. The van der Waals surface area contributed by atoms with Gasteiger partial charge in [0, 0.05) is 11.3 Å². The summed E-state index contributed by atoms with van der Waals surface area (Å²) in [7, 11) is 0. The number of hydrogen-bond donors (Lipinski definition) is 2. The molecule has 2 N–H and O–H groups in total. The lowest BCUT2D eigenvalue weighted by atomic mass is 10.1. The van der Waals surface area contributed by atoms with Crippen LogP contribution in [0.4, 0.5) is 10.5 Å². The molecule has 1 atom stereocenters. The Morgan fingerprint density at radius 3 is 2.17 bits per heavy atom.